The van der Waals surface area contributed by atoms with Crippen molar-refractivity contribution in [3.63, 3.8) is 0 Å². The average Bonchev–Trinajstić information content (AvgIpc) is 3.05. The number of allylic oxidation sites excluding steroid dienone is 4. The van der Waals surface area contributed by atoms with Gasteiger partial charge in [-0.25, -0.2) is 9.18 Å². The van der Waals surface area contributed by atoms with Crippen molar-refractivity contribution < 1.29 is 18.4 Å². The maximum absolute atomic E-state index is 15.5. The lowest BCUT2D eigenvalue weighted by atomic mass is 10.00. The van der Waals surface area contributed by atoms with Gasteiger partial charge < -0.3 is 15.0 Å². The summed E-state index contributed by atoms with van der Waals surface area (Å²) in [5.41, 5.74) is -0.646. The quantitative estimate of drug-likeness (QED) is 0.642. The first-order valence-corrected chi connectivity index (χ1v) is 9.63. The second-order valence-corrected chi connectivity index (χ2v) is 7.29. The molecule has 0 bridgehead atoms. The summed E-state index contributed by atoms with van der Waals surface area (Å²) in [6.07, 6.45) is 4.28. The van der Waals surface area contributed by atoms with Crippen LogP contribution in [-0.4, -0.2) is 55.0 Å². The lowest BCUT2D eigenvalue weighted by Gasteiger charge is -2.29. The number of aliphatic imine (C=N–C) groups is 1. The minimum atomic E-state index is -1.83. The molecule has 0 aromatic heterocycles. The first kappa shape index (κ1) is 21.9. The van der Waals surface area contributed by atoms with Gasteiger partial charge in [-0.3, -0.25) is 4.99 Å². The summed E-state index contributed by atoms with van der Waals surface area (Å²) in [7, 11) is 1.40. The first-order chi connectivity index (χ1) is 13.4. The summed E-state index contributed by atoms with van der Waals surface area (Å²) in [5.74, 6) is 0.528. The van der Waals surface area contributed by atoms with Crippen LogP contribution in [0.3, 0.4) is 0 Å². The molecule has 1 atom stereocenters. The summed E-state index contributed by atoms with van der Waals surface area (Å²) in [5, 5.41) is 6.98. The normalized spacial score (nSPS) is 22.7. The first-order valence-electron chi connectivity index (χ1n) is 8.75. The van der Waals surface area contributed by atoms with Crippen LogP contribution >= 0.6 is 11.8 Å². The van der Waals surface area contributed by atoms with Crippen molar-refractivity contribution in [2.75, 3.05) is 26.7 Å². The Morgan fingerprint density at radius 3 is 2.86 bits per heavy atom. The van der Waals surface area contributed by atoms with E-state index in [-0.39, 0.29) is 25.2 Å². The van der Waals surface area contributed by atoms with Gasteiger partial charge in [0, 0.05) is 29.6 Å². The number of amidine groups is 1. The second-order valence-electron chi connectivity index (χ2n) is 6.29. The van der Waals surface area contributed by atoms with E-state index < -0.39 is 18.4 Å². The van der Waals surface area contributed by atoms with E-state index in [9.17, 15) is 9.28 Å². The Balaban J connectivity index is 2.38. The van der Waals surface area contributed by atoms with Gasteiger partial charge in [-0.2, -0.15) is 0 Å². The van der Waals surface area contributed by atoms with Crippen molar-refractivity contribution in [1.29, 1.82) is 0 Å². The van der Waals surface area contributed by atoms with Crippen molar-refractivity contribution in [1.82, 2.24) is 10.2 Å². The Hall–Kier alpha value is -2.42. The number of hydrogen-bond donors (Lipinski definition) is 1. The molecule has 2 aliphatic rings. The number of carbonyl (C=O) groups excluding carboxylic acids is 1. The molecule has 0 aromatic rings. The van der Waals surface area contributed by atoms with E-state index >= 15 is 4.39 Å². The third kappa shape index (κ3) is 4.89. The van der Waals surface area contributed by atoms with E-state index in [1.807, 2.05) is 18.4 Å². The number of fused-ring (bicyclic) bond motifs is 1. The van der Waals surface area contributed by atoms with Gasteiger partial charge in [-0.05, 0) is 25.3 Å². The molecular formula is C19H24F2N4O2S. The Kier molecular flexibility index (Phi) is 7.56. The van der Waals surface area contributed by atoms with Crippen molar-refractivity contribution >= 4 is 29.4 Å². The third-order valence-corrected chi connectivity index (χ3v) is 5.10. The van der Waals surface area contributed by atoms with E-state index in [2.05, 4.69) is 22.1 Å². The lowest BCUT2D eigenvalue weighted by molar-refractivity contribution is 0.0588. The summed E-state index contributed by atoms with van der Waals surface area (Å²) in [4.78, 5) is 18.2. The monoisotopic (exact) mass is 410 g/mol. The van der Waals surface area contributed by atoms with Crippen molar-refractivity contribution in [3.8, 4) is 0 Å². The summed E-state index contributed by atoms with van der Waals surface area (Å²) in [6, 6.07) is 0. The SMILES string of the molecule is C=C(S/C=C\C)C1=NCC(C(/C=C\C)=N/F)=C2CC(F)(COC(=O)NC)CN12. The summed E-state index contributed by atoms with van der Waals surface area (Å²) in [6.45, 7) is 7.30. The zero-order valence-electron chi connectivity index (χ0n) is 16.2. The molecule has 28 heavy (non-hydrogen) atoms. The maximum Gasteiger partial charge on any atom is 0.406 e. The third-order valence-electron chi connectivity index (χ3n) is 4.23. The van der Waals surface area contributed by atoms with Crippen LogP contribution in [0.5, 0.6) is 0 Å². The van der Waals surface area contributed by atoms with Gasteiger partial charge >= 0.3 is 6.09 Å². The van der Waals surface area contributed by atoms with Crippen LogP contribution < -0.4 is 5.32 Å². The van der Waals surface area contributed by atoms with Gasteiger partial charge in [0.1, 0.15) is 18.2 Å². The van der Waals surface area contributed by atoms with Crippen molar-refractivity contribution in [2.45, 2.75) is 25.9 Å². The van der Waals surface area contributed by atoms with Gasteiger partial charge in [0.2, 0.25) is 0 Å². The molecule has 2 heterocycles. The molecule has 0 aromatic carbocycles. The molecule has 152 valence electrons. The van der Waals surface area contributed by atoms with Crippen LogP contribution in [0.15, 0.2) is 56.6 Å². The number of amides is 1. The van der Waals surface area contributed by atoms with Crippen LogP contribution in [0.25, 0.3) is 0 Å². The van der Waals surface area contributed by atoms with Crippen LogP contribution in [0.1, 0.15) is 20.3 Å². The van der Waals surface area contributed by atoms with Gasteiger partial charge in [-0.1, -0.05) is 40.2 Å². The molecule has 1 unspecified atom stereocenters. The highest BCUT2D eigenvalue weighted by molar-refractivity contribution is 8.06. The molecule has 1 N–H and O–H groups in total. The molecule has 1 fully saturated rings. The second kappa shape index (κ2) is 9.68. The molecule has 9 heteroatoms. The van der Waals surface area contributed by atoms with E-state index in [0.717, 1.165) is 0 Å². The number of hydrogen-bond acceptors (Lipinski definition) is 6. The molecule has 2 aliphatic heterocycles. The minimum absolute atomic E-state index is 0.0452. The Labute approximate surface area is 167 Å². The zero-order chi connectivity index (χ0) is 20.7. The Morgan fingerprint density at radius 2 is 2.25 bits per heavy atom. The van der Waals surface area contributed by atoms with E-state index in [4.69, 9.17) is 4.74 Å². The standard InChI is InChI=1S/C19H24F2N4O2S/c1-5-7-15(24-21)14-10-23-17(13(3)28-8-6-2)25-11-19(20,9-16(14)25)12-27-18(26)22-4/h5-8H,3,9-12H2,1-2,4H3,(H,22,26)/b7-5-,8-6-,24-15+. The number of halogens is 2. The molecular weight excluding hydrogens is 386 g/mol. The molecule has 1 amide bonds. The van der Waals surface area contributed by atoms with Gasteiger partial charge in [0.05, 0.1) is 13.1 Å². The summed E-state index contributed by atoms with van der Waals surface area (Å²) < 4.78 is 33.7. The highest BCUT2D eigenvalue weighted by Gasteiger charge is 2.47. The number of rotatable bonds is 7. The smallest absolute Gasteiger partial charge is 0.406 e. The fourth-order valence-corrected chi connectivity index (χ4v) is 3.59. The zero-order valence-corrected chi connectivity index (χ0v) is 17.0. The van der Waals surface area contributed by atoms with Crippen LogP contribution in [-0.2, 0) is 4.74 Å². The molecule has 2 rings (SSSR count). The molecule has 0 saturated carbocycles. The fourth-order valence-electron chi connectivity index (χ4n) is 3.00. The van der Waals surface area contributed by atoms with E-state index in [1.165, 1.54) is 24.9 Å². The number of alkyl carbamates (subject to hydrolysis) is 1. The van der Waals surface area contributed by atoms with E-state index in [0.29, 0.717) is 22.0 Å². The number of nitrogens with zero attached hydrogens (tertiary/aromatic N) is 3. The molecule has 6 nitrogen and oxygen atoms in total. The predicted octanol–water partition coefficient (Wildman–Crippen LogP) is 4.10. The minimum Gasteiger partial charge on any atom is -0.446 e. The number of carbonyl (C=O) groups is 1. The number of alkyl halides is 1. The highest BCUT2D eigenvalue weighted by atomic mass is 32.2. The van der Waals surface area contributed by atoms with Crippen molar-refractivity contribution in [3.05, 3.63) is 46.4 Å². The number of thioether (sulfide) groups is 1. The van der Waals surface area contributed by atoms with Gasteiger partial charge in [-0.15, -0.1) is 0 Å². The Bertz CT molecular complexity index is 789. The van der Waals surface area contributed by atoms with Crippen molar-refractivity contribution in [2.24, 2.45) is 10.2 Å². The topological polar surface area (TPSA) is 66.3 Å². The average molecular weight is 410 g/mol. The number of ether oxygens (including phenoxy) is 1. The van der Waals surface area contributed by atoms with Gasteiger partial charge in [0.15, 0.2) is 5.67 Å². The van der Waals surface area contributed by atoms with E-state index in [1.54, 1.807) is 17.9 Å². The van der Waals surface area contributed by atoms with Crippen LogP contribution in [0.2, 0.25) is 0 Å². The predicted molar refractivity (Wildman–Crippen MR) is 110 cm³/mol. The maximum atomic E-state index is 15.5. The lowest BCUT2D eigenvalue weighted by Crippen LogP contribution is -2.39. The number of nitrogens with one attached hydrogen (secondary N) is 1. The largest absolute Gasteiger partial charge is 0.446 e. The highest BCUT2D eigenvalue weighted by Crippen LogP contribution is 2.40. The van der Waals surface area contributed by atoms with Gasteiger partial charge in [0.25, 0.3) is 0 Å². The van der Waals surface area contributed by atoms with Crippen LogP contribution in [0.4, 0.5) is 13.7 Å². The molecule has 0 radical (unpaired) electrons. The molecule has 0 aliphatic carbocycles. The summed E-state index contributed by atoms with van der Waals surface area (Å²) >= 11 is 1.37. The molecule has 1 saturated heterocycles. The van der Waals surface area contributed by atoms with Crippen LogP contribution in [0, 0.1) is 0 Å². The molecule has 0 spiro atoms. The fraction of sp³-hybridized carbons (Fsp3) is 0.421. The Morgan fingerprint density at radius 1 is 1.50 bits per heavy atom.